The number of benzene rings is 1. The third-order valence-electron chi connectivity index (χ3n) is 3.40. The molecule has 0 saturated carbocycles. The van der Waals surface area contributed by atoms with Gasteiger partial charge in [-0.05, 0) is 55.5 Å². The molecule has 1 atom stereocenters. The molecule has 20 heavy (non-hydrogen) atoms. The van der Waals surface area contributed by atoms with Gasteiger partial charge in [-0.3, -0.25) is 0 Å². The maximum Gasteiger partial charge on any atom is 0.118 e. The van der Waals surface area contributed by atoms with Crippen LogP contribution in [0.4, 0.5) is 0 Å². The van der Waals surface area contributed by atoms with Crippen LogP contribution >= 0.6 is 0 Å². The second kappa shape index (κ2) is 9.78. The van der Waals surface area contributed by atoms with Crippen LogP contribution in [0.25, 0.3) is 0 Å². The van der Waals surface area contributed by atoms with Crippen LogP contribution in [0.1, 0.15) is 25.8 Å². The molecule has 0 saturated heterocycles. The minimum Gasteiger partial charge on any atom is -0.497 e. The van der Waals surface area contributed by atoms with Crippen molar-refractivity contribution in [2.75, 3.05) is 33.9 Å². The summed E-state index contributed by atoms with van der Waals surface area (Å²) < 4.78 is 10.4. The number of methoxy groups -OCH3 is 2. The van der Waals surface area contributed by atoms with E-state index in [1.54, 1.807) is 14.2 Å². The Balaban J connectivity index is 2.48. The van der Waals surface area contributed by atoms with Crippen LogP contribution < -0.4 is 10.1 Å². The molecule has 0 amide bonds. The highest BCUT2D eigenvalue weighted by Gasteiger charge is 2.10. The van der Waals surface area contributed by atoms with Gasteiger partial charge >= 0.3 is 0 Å². The number of ether oxygens (including phenoxy) is 2. The molecule has 1 aromatic carbocycles. The molecular weight excluding hydrogens is 250 g/mol. The Morgan fingerprint density at radius 3 is 2.30 bits per heavy atom. The van der Waals surface area contributed by atoms with E-state index in [9.17, 15) is 0 Å². The lowest BCUT2D eigenvalue weighted by atomic mass is 9.96. The molecule has 0 fully saturated rings. The predicted octanol–water partition coefficient (Wildman–Crippen LogP) is 3.14. The normalized spacial score (nSPS) is 12.7. The standard InChI is InChI=1S/C17H29NO2/c1-14(2)12-18-13-16(9-10-19-3)11-15-5-7-17(20-4)8-6-15/h5-8,14,16,18H,9-13H2,1-4H3. The van der Waals surface area contributed by atoms with Gasteiger partial charge in [0.1, 0.15) is 5.75 Å². The summed E-state index contributed by atoms with van der Waals surface area (Å²) in [5.41, 5.74) is 1.36. The van der Waals surface area contributed by atoms with E-state index in [1.165, 1.54) is 5.56 Å². The molecule has 0 bridgehead atoms. The van der Waals surface area contributed by atoms with Gasteiger partial charge in [0.25, 0.3) is 0 Å². The molecule has 1 rings (SSSR count). The summed E-state index contributed by atoms with van der Waals surface area (Å²) >= 11 is 0. The second-order valence-corrected chi connectivity index (χ2v) is 5.75. The van der Waals surface area contributed by atoms with E-state index in [0.717, 1.165) is 38.3 Å². The molecule has 0 spiro atoms. The van der Waals surface area contributed by atoms with Gasteiger partial charge < -0.3 is 14.8 Å². The van der Waals surface area contributed by atoms with Crippen molar-refractivity contribution in [3.05, 3.63) is 29.8 Å². The molecule has 114 valence electrons. The molecule has 3 nitrogen and oxygen atoms in total. The first kappa shape index (κ1) is 17.0. The number of hydrogen-bond acceptors (Lipinski definition) is 3. The minimum atomic E-state index is 0.613. The summed E-state index contributed by atoms with van der Waals surface area (Å²) in [6, 6.07) is 8.37. The largest absolute Gasteiger partial charge is 0.497 e. The van der Waals surface area contributed by atoms with Crippen molar-refractivity contribution in [1.29, 1.82) is 0 Å². The van der Waals surface area contributed by atoms with Crippen molar-refractivity contribution in [1.82, 2.24) is 5.32 Å². The van der Waals surface area contributed by atoms with E-state index in [0.29, 0.717) is 11.8 Å². The summed E-state index contributed by atoms with van der Waals surface area (Å²) in [6.45, 7) is 7.42. The highest BCUT2D eigenvalue weighted by atomic mass is 16.5. The molecule has 1 N–H and O–H groups in total. The molecule has 0 aliphatic heterocycles. The van der Waals surface area contributed by atoms with Gasteiger partial charge in [-0.1, -0.05) is 26.0 Å². The Labute approximate surface area is 123 Å². The van der Waals surface area contributed by atoms with Crippen LogP contribution in [0.3, 0.4) is 0 Å². The molecule has 0 aliphatic carbocycles. The van der Waals surface area contributed by atoms with Crippen LogP contribution in [-0.2, 0) is 11.2 Å². The monoisotopic (exact) mass is 279 g/mol. The molecular formula is C17H29NO2. The van der Waals surface area contributed by atoms with Crippen molar-refractivity contribution in [2.45, 2.75) is 26.7 Å². The lowest BCUT2D eigenvalue weighted by molar-refractivity contribution is 0.176. The van der Waals surface area contributed by atoms with Gasteiger partial charge in [0.05, 0.1) is 7.11 Å². The highest BCUT2D eigenvalue weighted by Crippen LogP contribution is 2.16. The van der Waals surface area contributed by atoms with Gasteiger partial charge in [0, 0.05) is 13.7 Å². The summed E-state index contributed by atoms with van der Waals surface area (Å²) in [5, 5.41) is 3.56. The van der Waals surface area contributed by atoms with Crippen LogP contribution in [0, 0.1) is 11.8 Å². The number of nitrogens with one attached hydrogen (secondary N) is 1. The van der Waals surface area contributed by atoms with Crippen molar-refractivity contribution in [2.24, 2.45) is 11.8 Å². The molecule has 0 aromatic heterocycles. The van der Waals surface area contributed by atoms with Crippen molar-refractivity contribution >= 4 is 0 Å². The van der Waals surface area contributed by atoms with Crippen LogP contribution in [0.15, 0.2) is 24.3 Å². The van der Waals surface area contributed by atoms with Crippen LogP contribution in [0.5, 0.6) is 5.75 Å². The Bertz CT molecular complexity index is 349. The van der Waals surface area contributed by atoms with E-state index < -0.39 is 0 Å². The Morgan fingerprint density at radius 2 is 1.75 bits per heavy atom. The van der Waals surface area contributed by atoms with E-state index in [-0.39, 0.29) is 0 Å². The summed E-state index contributed by atoms with van der Waals surface area (Å²) in [7, 11) is 3.47. The number of hydrogen-bond donors (Lipinski definition) is 1. The highest BCUT2D eigenvalue weighted by molar-refractivity contribution is 5.27. The Hall–Kier alpha value is -1.06. The van der Waals surface area contributed by atoms with Gasteiger partial charge in [0.15, 0.2) is 0 Å². The molecule has 1 unspecified atom stereocenters. The van der Waals surface area contributed by atoms with Crippen molar-refractivity contribution in [3.8, 4) is 5.75 Å². The van der Waals surface area contributed by atoms with Crippen LogP contribution in [-0.4, -0.2) is 33.9 Å². The van der Waals surface area contributed by atoms with Crippen molar-refractivity contribution in [3.63, 3.8) is 0 Å². The van der Waals surface area contributed by atoms with Gasteiger partial charge in [-0.15, -0.1) is 0 Å². The first-order valence-corrected chi connectivity index (χ1v) is 7.48. The Morgan fingerprint density at radius 1 is 1.05 bits per heavy atom. The first-order valence-electron chi connectivity index (χ1n) is 7.48. The summed E-state index contributed by atoms with van der Waals surface area (Å²) in [4.78, 5) is 0. The van der Waals surface area contributed by atoms with E-state index in [2.05, 4.69) is 31.3 Å². The fraction of sp³-hybridized carbons (Fsp3) is 0.647. The van der Waals surface area contributed by atoms with Gasteiger partial charge in [-0.25, -0.2) is 0 Å². The Kier molecular flexibility index (Phi) is 8.31. The predicted molar refractivity (Wildman–Crippen MR) is 84.4 cm³/mol. The van der Waals surface area contributed by atoms with Gasteiger partial charge in [0.2, 0.25) is 0 Å². The molecule has 0 radical (unpaired) electrons. The van der Waals surface area contributed by atoms with Crippen molar-refractivity contribution < 1.29 is 9.47 Å². The molecule has 0 aliphatic rings. The summed E-state index contributed by atoms with van der Waals surface area (Å²) in [6.07, 6.45) is 2.17. The number of rotatable bonds is 10. The first-order chi connectivity index (χ1) is 9.65. The maximum absolute atomic E-state index is 5.23. The summed E-state index contributed by atoms with van der Waals surface area (Å²) in [5.74, 6) is 2.22. The van der Waals surface area contributed by atoms with E-state index in [1.807, 2.05) is 12.1 Å². The van der Waals surface area contributed by atoms with E-state index in [4.69, 9.17) is 9.47 Å². The third-order valence-corrected chi connectivity index (χ3v) is 3.40. The zero-order valence-corrected chi connectivity index (χ0v) is 13.3. The zero-order chi connectivity index (χ0) is 14.8. The maximum atomic E-state index is 5.23. The second-order valence-electron chi connectivity index (χ2n) is 5.75. The zero-order valence-electron chi connectivity index (χ0n) is 13.3. The fourth-order valence-corrected chi connectivity index (χ4v) is 2.23. The fourth-order valence-electron chi connectivity index (χ4n) is 2.23. The van der Waals surface area contributed by atoms with Gasteiger partial charge in [-0.2, -0.15) is 0 Å². The molecule has 0 heterocycles. The SMILES string of the molecule is COCCC(CNCC(C)C)Cc1ccc(OC)cc1. The average Bonchev–Trinajstić information content (AvgIpc) is 2.45. The topological polar surface area (TPSA) is 30.5 Å². The molecule has 3 heteroatoms. The van der Waals surface area contributed by atoms with Crippen LogP contribution in [0.2, 0.25) is 0 Å². The average molecular weight is 279 g/mol. The quantitative estimate of drug-likeness (QED) is 0.714. The third kappa shape index (κ3) is 6.92. The minimum absolute atomic E-state index is 0.613. The lowest BCUT2D eigenvalue weighted by Gasteiger charge is -2.18. The molecule has 1 aromatic rings. The lowest BCUT2D eigenvalue weighted by Crippen LogP contribution is -2.28. The van der Waals surface area contributed by atoms with E-state index >= 15 is 0 Å². The smallest absolute Gasteiger partial charge is 0.118 e.